The number of benzene rings is 2. The summed E-state index contributed by atoms with van der Waals surface area (Å²) in [4.78, 5) is 33.8. The Labute approximate surface area is 296 Å². The smallest absolute Gasteiger partial charge is 0.286 e. The topological polar surface area (TPSA) is 110 Å². The molecule has 258 valence electrons. The summed E-state index contributed by atoms with van der Waals surface area (Å²) in [5, 5.41) is 3.07. The number of rotatable bonds is 3. The minimum Gasteiger partial charge on any atom is -0.490 e. The highest BCUT2D eigenvalue weighted by atomic mass is 35.5. The number of aryl methyl sites for hydroxylation is 2. The molecule has 5 aliphatic rings. The van der Waals surface area contributed by atoms with Gasteiger partial charge >= 0.3 is 0 Å². The number of amides is 2. The molecule has 2 bridgehead atoms. The molecule has 8 rings (SSSR count). The SMILES string of the molecule is CO[C@H]1/C=C/C[C@H](C)CS(=O)(NC(=O)c2csc(C)n2)=NC(=O)c2ccc3c(c2)N(C[C@@]2(CCCc4cc(Cl)ccc42)CO3)C[C@]23CC2[C@@H]13. The largest absolute Gasteiger partial charge is 0.490 e. The van der Waals surface area contributed by atoms with E-state index in [9.17, 15) is 13.8 Å². The van der Waals surface area contributed by atoms with Crippen molar-refractivity contribution < 1.29 is 23.3 Å². The molecule has 2 saturated carbocycles. The van der Waals surface area contributed by atoms with E-state index in [4.69, 9.17) is 21.1 Å². The first-order valence-electron chi connectivity index (χ1n) is 17.0. The number of hydrogen-bond donors (Lipinski definition) is 1. The Morgan fingerprint density at radius 3 is 2.86 bits per heavy atom. The maximum absolute atomic E-state index is 14.4. The van der Waals surface area contributed by atoms with Crippen LogP contribution in [0.2, 0.25) is 5.02 Å². The number of anilines is 1. The van der Waals surface area contributed by atoms with Crippen molar-refractivity contribution in [3.05, 3.63) is 86.3 Å². The number of nitrogens with zero attached hydrogens (tertiary/aromatic N) is 3. The van der Waals surface area contributed by atoms with Crippen molar-refractivity contribution >= 4 is 50.4 Å². The third kappa shape index (κ3) is 6.00. The van der Waals surface area contributed by atoms with Crippen molar-refractivity contribution in [1.82, 2.24) is 9.71 Å². The first-order chi connectivity index (χ1) is 23.5. The Kier molecular flexibility index (Phi) is 8.21. The molecule has 2 spiro atoms. The van der Waals surface area contributed by atoms with Crippen molar-refractivity contribution in [2.45, 2.75) is 57.5 Å². The number of methoxy groups -OCH3 is 1. The highest BCUT2D eigenvalue weighted by Crippen LogP contribution is 2.81. The van der Waals surface area contributed by atoms with Crippen molar-refractivity contribution in [2.24, 2.45) is 27.5 Å². The summed E-state index contributed by atoms with van der Waals surface area (Å²) in [7, 11) is -1.73. The fourth-order valence-electron chi connectivity index (χ4n) is 8.69. The number of halogens is 1. The van der Waals surface area contributed by atoms with Gasteiger partial charge < -0.3 is 14.4 Å². The van der Waals surface area contributed by atoms with Gasteiger partial charge in [-0.1, -0.05) is 36.7 Å². The van der Waals surface area contributed by atoms with Gasteiger partial charge in [0.05, 0.1) is 29.2 Å². The molecular formula is C37H41ClN4O5S2. The van der Waals surface area contributed by atoms with Gasteiger partial charge in [0, 0.05) is 41.6 Å². The van der Waals surface area contributed by atoms with Crippen LogP contribution in [0.15, 0.2) is 58.3 Å². The molecule has 0 radical (unpaired) electrons. The third-order valence-electron chi connectivity index (χ3n) is 11.3. The molecule has 2 aliphatic heterocycles. The van der Waals surface area contributed by atoms with Crippen LogP contribution in [0, 0.1) is 30.1 Å². The highest BCUT2D eigenvalue weighted by molar-refractivity contribution is 7.92. The molecule has 1 aromatic heterocycles. The summed E-state index contributed by atoms with van der Waals surface area (Å²) >= 11 is 7.78. The van der Waals surface area contributed by atoms with Crippen molar-refractivity contribution in [2.75, 3.05) is 37.5 Å². The van der Waals surface area contributed by atoms with Gasteiger partial charge in [0.1, 0.15) is 21.4 Å². The van der Waals surface area contributed by atoms with Crippen LogP contribution >= 0.6 is 22.9 Å². The second-order valence-electron chi connectivity index (χ2n) is 14.7. The summed E-state index contributed by atoms with van der Waals surface area (Å²) in [5.41, 5.74) is 3.75. The summed E-state index contributed by atoms with van der Waals surface area (Å²) < 4.78 is 34.0. The van der Waals surface area contributed by atoms with Gasteiger partial charge in [-0.2, -0.15) is 0 Å². The van der Waals surface area contributed by atoms with E-state index in [2.05, 4.69) is 43.3 Å². The first-order valence-corrected chi connectivity index (χ1v) is 20.0. The number of aromatic nitrogens is 1. The second kappa shape index (κ2) is 12.2. The van der Waals surface area contributed by atoms with Gasteiger partial charge in [-0.25, -0.2) is 9.19 Å². The average molecular weight is 721 g/mol. The van der Waals surface area contributed by atoms with E-state index in [0.29, 0.717) is 41.2 Å². The number of thiazole rings is 1. The molecule has 2 fully saturated rings. The molecule has 0 saturated heterocycles. The summed E-state index contributed by atoms with van der Waals surface area (Å²) in [6, 6.07) is 11.6. The van der Waals surface area contributed by atoms with Gasteiger partial charge in [0.2, 0.25) is 0 Å². The van der Waals surface area contributed by atoms with Crippen LogP contribution < -0.4 is 14.4 Å². The lowest BCUT2D eigenvalue weighted by atomic mass is 9.70. The van der Waals surface area contributed by atoms with Gasteiger partial charge in [0.25, 0.3) is 11.8 Å². The average Bonchev–Trinajstić information content (AvgIpc) is 3.87. The Balaban J connectivity index is 1.21. The monoisotopic (exact) mass is 720 g/mol. The van der Waals surface area contributed by atoms with Crippen LogP contribution in [0.5, 0.6) is 5.75 Å². The molecule has 3 aromatic rings. The standard InChI is InChI=1S/C37H41ClN4O5S2/c1-22-6-4-8-32(46-3)33-28-16-37(28,33)20-42-19-36(13-5-7-24-14-26(38)10-11-27(24)36)21-47-31-12-9-25(15-30(31)42)34(43)40-49(45,18-22)41-35(44)29-17-48-23(2)39-29/h4,8-12,14-15,17,22,28,32-33H,5-7,13,16,18-21H2,1-3H3,(H,40,41,43,44,45)/b8-4+/t22-,28?,32-,33-,36-,37+,49?/m0/s1. The summed E-state index contributed by atoms with van der Waals surface area (Å²) in [6.07, 6.45) is 8.96. The lowest BCUT2D eigenvalue weighted by Crippen LogP contribution is -2.47. The quantitative estimate of drug-likeness (QED) is 0.297. The number of carbonyl (C=O) groups is 2. The van der Waals surface area contributed by atoms with E-state index in [0.717, 1.165) is 49.5 Å². The maximum atomic E-state index is 14.4. The molecular weight excluding hydrogens is 680 g/mol. The zero-order valence-electron chi connectivity index (χ0n) is 27.9. The van der Waals surface area contributed by atoms with Crippen molar-refractivity contribution in [3.63, 3.8) is 0 Å². The number of allylic oxidation sites excluding steroid dienone is 1. The number of fused-ring (bicyclic) bond motifs is 4. The van der Waals surface area contributed by atoms with Gasteiger partial charge in [-0.15, -0.1) is 15.7 Å². The highest BCUT2D eigenvalue weighted by Gasteiger charge is 2.80. The Bertz CT molecular complexity index is 2010. The summed E-state index contributed by atoms with van der Waals surface area (Å²) in [6.45, 7) is 5.82. The lowest BCUT2D eigenvalue weighted by Gasteiger charge is -2.41. The van der Waals surface area contributed by atoms with E-state index in [1.807, 2.05) is 25.1 Å². The first kappa shape index (κ1) is 32.9. The van der Waals surface area contributed by atoms with Gasteiger partial charge in [-0.05, 0) is 104 Å². The van der Waals surface area contributed by atoms with Gasteiger partial charge in [-0.3, -0.25) is 14.3 Å². The molecule has 3 aliphatic carbocycles. The molecule has 7 atom stereocenters. The van der Waals surface area contributed by atoms with E-state index >= 15 is 0 Å². The molecule has 49 heavy (non-hydrogen) atoms. The molecule has 2 amide bonds. The fraction of sp³-hybridized carbons (Fsp3) is 0.486. The van der Waals surface area contributed by atoms with E-state index in [1.165, 1.54) is 22.5 Å². The molecule has 9 nitrogen and oxygen atoms in total. The fourth-order valence-corrected chi connectivity index (χ4v) is 11.4. The molecule has 1 N–H and O–H groups in total. The van der Waals surface area contributed by atoms with Crippen LogP contribution in [0.1, 0.15) is 69.6 Å². The van der Waals surface area contributed by atoms with E-state index in [1.54, 1.807) is 25.5 Å². The van der Waals surface area contributed by atoms with E-state index in [-0.39, 0.29) is 34.3 Å². The Morgan fingerprint density at radius 1 is 1.22 bits per heavy atom. The molecule has 2 aromatic carbocycles. The predicted octanol–water partition coefficient (Wildman–Crippen LogP) is 6.78. The lowest BCUT2D eigenvalue weighted by molar-refractivity contribution is 0.0963. The minimum absolute atomic E-state index is 0.0116. The van der Waals surface area contributed by atoms with Crippen LogP contribution in [0.3, 0.4) is 0 Å². The number of ether oxygens (including phenoxy) is 2. The number of carbonyl (C=O) groups excluding carboxylic acids is 2. The zero-order chi connectivity index (χ0) is 34.1. The van der Waals surface area contributed by atoms with Crippen molar-refractivity contribution in [3.8, 4) is 5.75 Å². The minimum atomic E-state index is -3.51. The molecule has 3 heterocycles. The van der Waals surface area contributed by atoms with Crippen molar-refractivity contribution in [1.29, 1.82) is 0 Å². The third-order valence-corrected chi connectivity index (χ3v) is 14.3. The molecule has 2 unspecified atom stereocenters. The zero-order valence-corrected chi connectivity index (χ0v) is 30.3. The maximum Gasteiger partial charge on any atom is 0.286 e. The second-order valence-corrected chi connectivity index (χ2v) is 18.2. The van der Waals surface area contributed by atoms with Crippen LogP contribution in [-0.4, -0.2) is 59.7 Å². The normalized spacial score (nSPS) is 34.0. The van der Waals surface area contributed by atoms with Gasteiger partial charge in [0.15, 0.2) is 0 Å². The Hall–Kier alpha value is -3.25. The number of nitrogens with one attached hydrogen (secondary N) is 1. The predicted molar refractivity (Wildman–Crippen MR) is 192 cm³/mol. The molecule has 12 heteroatoms. The Morgan fingerprint density at radius 2 is 2.08 bits per heavy atom. The van der Waals surface area contributed by atoms with Crippen LogP contribution in [-0.2, 0) is 26.5 Å². The number of hydrogen-bond acceptors (Lipinski definition) is 8. The van der Waals surface area contributed by atoms with E-state index < -0.39 is 21.7 Å². The van der Waals surface area contributed by atoms with Crippen LogP contribution in [0.4, 0.5) is 5.69 Å². The summed E-state index contributed by atoms with van der Waals surface area (Å²) in [5.74, 6) is 0.332. The van der Waals surface area contributed by atoms with Crippen LogP contribution in [0.25, 0.3) is 0 Å².